The summed E-state index contributed by atoms with van der Waals surface area (Å²) in [5.74, 6) is 0. The van der Waals surface area contributed by atoms with Crippen LogP contribution in [0.3, 0.4) is 0 Å². The zero-order valence-electron chi connectivity index (χ0n) is 11.0. The van der Waals surface area contributed by atoms with Crippen LogP contribution < -0.4 is 0 Å². The molecular formula is C10H22N2O4S. The van der Waals surface area contributed by atoms with Gasteiger partial charge in [0.2, 0.25) is 0 Å². The summed E-state index contributed by atoms with van der Waals surface area (Å²) in [5.41, 5.74) is -1.07. The van der Waals surface area contributed by atoms with Gasteiger partial charge in [0, 0.05) is 24.2 Å². The van der Waals surface area contributed by atoms with Crippen molar-refractivity contribution in [3.8, 4) is 0 Å². The molecule has 0 atom stereocenters. The van der Waals surface area contributed by atoms with Crippen LogP contribution in [-0.2, 0) is 10.3 Å². The molecule has 6 nitrogen and oxygen atoms in total. The Morgan fingerprint density at radius 3 is 1.82 bits per heavy atom. The average Bonchev–Trinajstić information content (AvgIpc) is 2.10. The molecule has 2 N–H and O–H groups in total. The lowest BCUT2D eigenvalue weighted by atomic mass is 9.79. The van der Waals surface area contributed by atoms with Crippen molar-refractivity contribution in [2.24, 2.45) is 0 Å². The van der Waals surface area contributed by atoms with Gasteiger partial charge in [0.15, 0.2) is 0 Å². The van der Waals surface area contributed by atoms with E-state index in [0.29, 0.717) is 12.8 Å². The highest BCUT2D eigenvalue weighted by molar-refractivity contribution is 7.83. The quantitative estimate of drug-likeness (QED) is 0.732. The molecule has 1 heterocycles. The standard InChI is InChI=1S/C10H22N2O4S/c1-9(2)6-8(11(5)17(14,15)16)7-10(3,4)12(9)13/h8,13H,6-7H2,1-5H3,(H,14,15,16). The fourth-order valence-electron chi connectivity index (χ4n) is 2.66. The second-order valence-electron chi connectivity index (χ2n) is 5.99. The second-order valence-corrected chi connectivity index (χ2v) is 7.46. The Morgan fingerprint density at radius 2 is 1.53 bits per heavy atom. The molecule has 0 aromatic carbocycles. The molecule has 0 radical (unpaired) electrons. The van der Waals surface area contributed by atoms with E-state index in [1.54, 1.807) is 0 Å². The summed E-state index contributed by atoms with van der Waals surface area (Å²) in [7, 11) is -2.83. The Kier molecular flexibility index (Phi) is 3.64. The summed E-state index contributed by atoms with van der Waals surface area (Å²) in [4.78, 5) is 0. The lowest BCUT2D eigenvalue weighted by molar-refractivity contribution is -0.249. The Morgan fingerprint density at radius 1 is 1.18 bits per heavy atom. The molecule has 0 aromatic heterocycles. The average molecular weight is 266 g/mol. The highest BCUT2D eigenvalue weighted by Gasteiger charge is 2.47. The van der Waals surface area contributed by atoms with Gasteiger partial charge in [0.1, 0.15) is 0 Å². The number of hydroxylamine groups is 2. The molecule has 1 rings (SSSR count). The van der Waals surface area contributed by atoms with E-state index in [1.807, 2.05) is 27.7 Å². The first-order chi connectivity index (χ1) is 7.38. The zero-order valence-corrected chi connectivity index (χ0v) is 11.8. The number of hydrogen-bond acceptors (Lipinski definition) is 4. The summed E-state index contributed by atoms with van der Waals surface area (Å²) in [6.45, 7) is 7.38. The van der Waals surface area contributed by atoms with Crippen molar-refractivity contribution in [1.29, 1.82) is 0 Å². The van der Waals surface area contributed by atoms with Crippen molar-refractivity contribution in [1.82, 2.24) is 9.37 Å². The van der Waals surface area contributed by atoms with E-state index in [0.717, 1.165) is 4.31 Å². The van der Waals surface area contributed by atoms with Crippen molar-refractivity contribution in [2.45, 2.75) is 57.7 Å². The lowest BCUT2D eigenvalue weighted by Crippen LogP contribution is -2.63. The van der Waals surface area contributed by atoms with E-state index in [-0.39, 0.29) is 6.04 Å². The third-order valence-electron chi connectivity index (χ3n) is 3.50. The van der Waals surface area contributed by atoms with Crippen LogP contribution in [0.25, 0.3) is 0 Å². The van der Waals surface area contributed by atoms with E-state index in [4.69, 9.17) is 4.55 Å². The Balaban J connectivity index is 3.01. The van der Waals surface area contributed by atoms with E-state index in [1.165, 1.54) is 12.1 Å². The number of piperidine rings is 1. The molecule has 0 saturated carbocycles. The van der Waals surface area contributed by atoms with Crippen LogP contribution in [0.2, 0.25) is 0 Å². The van der Waals surface area contributed by atoms with Gasteiger partial charge in [-0.1, -0.05) is 0 Å². The van der Waals surface area contributed by atoms with Crippen LogP contribution in [0.5, 0.6) is 0 Å². The third-order valence-corrected chi connectivity index (χ3v) is 4.52. The number of rotatable bonds is 2. The molecule has 1 fully saturated rings. The van der Waals surface area contributed by atoms with E-state index >= 15 is 0 Å². The van der Waals surface area contributed by atoms with Crippen LogP contribution in [0.15, 0.2) is 0 Å². The van der Waals surface area contributed by atoms with Gasteiger partial charge in [-0.3, -0.25) is 4.55 Å². The predicted molar refractivity (Wildman–Crippen MR) is 64.1 cm³/mol. The van der Waals surface area contributed by atoms with Gasteiger partial charge in [-0.2, -0.15) is 17.8 Å². The maximum absolute atomic E-state index is 11.1. The topological polar surface area (TPSA) is 81.1 Å². The van der Waals surface area contributed by atoms with Crippen LogP contribution in [-0.4, -0.2) is 51.7 Å². The van der Waals surface area contributed by atoms with Gasteiger partial charge in [-0.05, 0) is 40.5 Å². The second kappa shape index (κ2) is 4.17. The smallest absolute Gasteiger partial charge is 0.313 e. The molecule has 0 aliphatic carbocycles. The van der Waals surface area contributed by atoms with Crippen molar-refractivity contribution in [3.63, 3.8) is 0 Å². The van der Waals surface area contributed by atoms with Gasteiger partial charge in [-0.15, -0.1) is 0 Å². The SMILES string of the molecule is CN(C1CC(C)(C)N(O)C(C)(C)C1)S(=O)(=O)O. The van der Waals surface area contributed by atoms with Gasteiger partial charge in [-0.25, -0.2) is 0 Å². The minimum absolute atomic E-state index is 0.321. The van der Waals surface area contributed by atoms with Crippen LogP contribution in [0.1, 0.15) is 40.5 Å². The van der Waals surface area contributed by atoms with Gasteiger partial charge >= 0.3 is 10.3 Å². The molecule has 102 valence electrons. The molecule has 1 saturated heterocycles. The molecule has 0 unspecified atom stereocenters. The summed E-state index contributed by atoms with van der Waals surface area (Å²) in [6.07, 6.45) is 0.923. The highest BCUT2D eigenvalue weighted by Crippen LogP contribution is 2.38. The molecule has 17 heavy (non-hydrogen) atoms. The first kappa shape index (κ1) is 14.8. The fourth-order valence-corrected chi connectivity index (χ4v) is 3.19. The van der Waals surface area contributed by atoms with Crippen molar-refractivity contribution in [3.05, 3.63) is 0 Å². The number of hydrogen-bond donors (Lipinski definition) is 2. The van der Waals surface area contributed by atoms with Crippen molar-refractivity contribution >= 4 is 10.3 Å². The molecule has 1 aliphatic rings. The fraction of sp³-hybridized carbons (Fsp3) is 1.00. The first-order valence-electron chi connectivity index (χ1n) is 5.57. The maximum atomic E-state index is 11.1. The largest absolute Gasteiger partial charge is 0.335 e. The first-order valence-corrected chi connectivity index (χ1v) is 6.97. The molecular weight excluding hydrogens is 244 g/mol. The van der Waals surface area contributed by atoms with Crippen molar-refractivity contribution < 1.29 is 18.2 Å². The van der Waals surface area contributed by atoms with E-state index in [9.17, 15) is 13.6 Å². The normalized spacial score (nSPS) is 26.4. The van der Waals surface area contributed by atoms with Gasteiger partial charge in [0.05, 0.1) is 0 Å². The van der Waals surface area contributed by atoms with Crippen LogP contribution in [0, 0.1) is 0 Å². The van der Waals surface area contributed by atoms with E-state index < -0.39 is 21.4 Å². The molecule has 0 bridgehead atoms. The lowest BCUT2D eigenvalue weighted by Gasteiger charge is -2.52. The zero-order chi connectivity index (χ0) is 13.6. The molecule has 0 spiro atoms. The van der Waals surface area contributed by atoms with E-state index in [2.05, 4.69) is 0 Å². The monoisotopic (exact) mass is 266 g/mol. The summed E-state index contributed by atoms with van der Waals surface area (Å²) >= 11 is 0. The van der Waals surface area contributed by atoms with Crippen LogP contribution >= 0.6 is 0 Å². The minimum atomic E-state index is -4.19. The van der Waals surface area contributed by atoms with Crippen molar-refractivity contribution in [2.75, 3.05) is 7.05 Å². The van der Waals surface area contributed by atoms with Gasteiger partial charge < -0.3 is 5.21 Å². The summed E-state index contributed by atoms with van der Waals surface area (Å²) < 4.78 is 32.3. The highest BCUT2D eigenvalue weighted by atomic mass is 32.2. The Bertz CT molecular complexity index is 373. The summed E-state index contributed by atoms with van der Waals surface area (Å²) in [5, 5.41) is 11.3. The van der Waals surface area contributed by atoms with Gasteiger partial charge in [0.25, 0.3) is 0 Å². The molecule has 0 aromatic rings. The Labute approximate surface area is 103 Å². The maximum Gasteiger partial charge on any atom is 0.335 e. The molecule has 7 heteroatoms. The molecule has 0 amide bonds. The van der Waals surface area contributed by atoms with Crippen LogP contribution in [0.4, 0.5) is 0 Å². The number of nitrogens with zero attached hydrogens (tertiary/aromatic N) is 2. The summed E-state index contributed by atoms with van der Waals surface area (Å²) in [6, 6.07) is -0.321. The minimum Gasteiger partial charge on any atom is -0.313 e. The Hall–Kier alpha value is -0.210. The molecule has 1 aliphatic heterocycles. The third kappa shape index (κ3) is 2.97. The predicted octanol–water partition coefficient (Wildman–Crippen LogP) is 1.13.